The van der Waals surface area contributed by atoms with E-state index < -0.39 is 13.9 Å². The molecule has 14 heavy (non-hydrogen) atoms. The quantitative estimate of drug-likeness (QED) is 0.692. The van der Waals surface area contributed by atoms with E-state index >= 15 is 0 Å². The zero-order valence-corrected chi connectivity index (χ0v) is 10.1. The molecule has 0 aromatic heterocycles. The van der Waals surface area contributed by atoms with Gasteiger partial charge in [0.05, 0.1) is 18.1 Å². The van der Waals surface area contributed by atoms with Gasteiger partial charge in [-0.1, -0.05) is 27.7 Å². The summed E-state index contributed by atoms with van der Waals surface area (Å²) in [5, 5.41) is 9.19. The molecule has 0 aliphatic heterocycles. The summed E-state index contributed by atoms with van der Waals surface area (Å²) in [5.74, 6) is 0.338. The topological polar surface area (TPSA) is 79.3 Å². The van der Waals surface area contributed by atoms with Crippen LogP contribution >= 0.6 is 8.53 Å². The summed E-state index contributed by atoms with van der Waals surface area (Å²) in [4.78, 5) is 8.89. The molecule has 5 heteroatoms. The van der Waals surface area contributed by atoms with E-state index in [1.165, 1.54) is 0 Å². The highest BCUT2D eigenvalue weighted by Gasteiger charge is 2.38. The summed E-state index contributed by atoms with van der Waals surface area (Å²) < 4.78 is 5.00. The Bertz CT molecular complexity index is 203. The van der Waals surface area contributed by atoms with Gasteiger partial charge in [0.1, 0.15) is 0 Å². The van der Waals surface area contributed by atoms with Gasteiger partial charge < -0.3 is 9.42 Å². The van der Waals surface area contributed by atoms with Gasteiger partial charge in [0.2, 0.25) is 8.53 Å². The van der Waals surface area contributed by atoms with Crippen LogP contribution in [0.2, 0.25) is 0 Å². The summed E-state index contributed by atoms with van der Waals surface area (Å²) in [6.45, 7) is 8.09. The first-order chi connectivity index (χ1) is 6.36. The molecule has 0 bridgehead atoms. The molecule has 0 saturated heterocycles. The minimum Gasteiger partial charge on any atom is -0.338 e. The molecule has 0 spiro atoms. The minimum atomic E-state index is -1.87. The Morgan fingerprint density at radius 3 is 2.07 bits per heavy atom. The minimum absolute atomic E-state index is 0.169. The van der Waals surface area contributed by atoms with Crippen molar-refractivity contribution in [3.8, 4) is 6.07 Å². The summed E-state index contributed by atoms with van der Waals surface area (Å²) in [6.07, 6.45) is 0. The van der Waals surface area contributed by atoms with E-state index in [4.69, 9.17) is 14.9 Å². The summed E-state index contributed by atoms with van der Waals surface area (Å²) in [7, 11) is -1.87. The first kappa shape index (κ1) is 13.8. The van der Waals surface area contributed by atoms with Gasteiger partial charge in [-0.05, 0) is 11.8 Å². The zero-order valence-electron chi connectivity index (χ0n) is 9.19. The van der Waals surface area contributed by atoms with Crippen LogP contribution in [0.1, 0.15) is 27.7 Å². The number of nitrogens with two attached hydrogens (primary N) is 1. The van der Waals surface area contributed by atoms with Crippen LogP contribution in [0.15, 0.2) is 0 Å². The Labute approximate surface area is 87.0 Å². The average Bonchev–Trinajstić information content (AvgIpc) is 2.04. The van der Waals surface area contributed by atoms with E-state index in [9.17, 15) is 5.26 Å². The Morgan fingerprint density at radius 1 is 1.43 bits per heavy atom. The maximum absolute atomic E-state index is 9.19. The van der Waals surface area contributed by atoms with Crippen LogP contribution in [0.25, 0.3) is 0 Å². The third-order valence-electron chi connectivity index (χ3n) is 2.70. The summed E-state index contributed by atoms with van der Waals surface area (Å²) in [6, 6.07) is 2.29. The normalized spacial score (nSPS) is 14.5. The molecule has 0 saturated carbocycles. The maximum atomic E-state index is 9.19. The van der Waals surface area contributed by atoms with Crippen molar-refractivity contribution in [3.63, 3.8) is 0 Å². The predicted octanol–water partition coefficient (Wildman–Crippen LogP) is 2.00. The van der Waals surface area contributed by atoms with E-state index in [2.05, 4.69) is 6.07 Å². The molecule has 0 aromatic carbocycles. The molecule has 0 heterocycles. The number of hydrogen-bond acceptors (Lipinski definition) is 4. The van der Waals surface area contributed by atoms with Gasteiger partial charge in [0.15, 0.2) is 0 Å². The number of hydrogen-bond donors (Lipinski definition) is 2. The van der Waals surface area contributed by atoms with E-state index in [-0.39, 0.29) is 18.4 Å². The van der Waals surface area contributed by atoms with Crippen molar-refractivity contribution < 1.29 is 9.42 Å². The standard InChI is InChI=1S/C9H19N2O2P/c1-7(2)9(5-10,8(3)4)6-13-14(11)12/h7-8,12H,6,11H2,1-4H3. The molecular formula is C9H19N2O2P. The Kier molecular flexibility index (Phi) is 5.54. The van der Waals surface area contributed by atoms with Crippen LogP contribution in [0.5, 0.6) is 0 Å². The van der Waals surface area contributed by atoms with Gasteiger partial charge >= 0.3 is 0 Å². The van der Waals surface area contributed by atoms with Gasteiger partial charge in [0, 0.05) is 0 Å². The lowest BCUT2D eigenvalue weighted by atomic mass is 9.71. The molecule has 82 valence electrons. The van der Waals surface area contributed by atoms with Crippen LogP contribution in [0.3, 0.4) is 0 Å². The molecule has 1 atom stereocenters. The largest absolute Gasteiger partial charge is 0.338 e. The molecule has 0 aromatic rings. The second kappa shape index (κ2) is 5.63. The van der Waals surface area contributed by atoms with Gasteiger partial charge in [-0.15, -0.1) is 0 Å². The monoisotopic (exact) mass is 218 g/mol. The highest BCUT2D eigenvalue weighted by Crippen LogP contribution is 2.38. The third kappa shape index (κ3) is 3.18. The number of rotatable bonds is 5. The van der Waals surface area contributed by atoms with Crippen LogP contribution in [0, 0.1) is 28.6 Å². The molecular weight excluding hydrogens is 199 g/mol. The van der Waals surface area contributed by atoms with Crippen molar-refractivity contribution in [1.29, 1.82) is 5.26 Å². The van der Waals surface area contributed by atoms with E-state index in [0.717, 1.165) is 0 Å². The molecule has 0 radical (unpaired) electrons. The maximum Gasteiger partial charge on any atom is 0.250 e. The summed E-state index contributed by atoms with van der Waals surface area (Å²) in [5.41, 5.74) is 4.58. The Hall–Kier alpha value is -0.200. The molecule has 4 nitrogen and oxygen atoms in total. The lowest BCUT2D eigenvalue weighted by Gasteiger charge is -2.34. The molecule has 3 N–H and O–H groups in total. The van der Waals surface area contributed by atoms with E-state index in [1.807, 2.05) is 27.7 Å². The Balaban J connectivity index is 4.62. The highest BCUT2D eigenvalue weighted by atomic mass is 31.2. The van der Waals surface area contributed by atoms with Crippen LogP contribution < -0.4 is 5.50 Å². The second-order valence-electron chi connectivity index (χ2n) is 4.04. The van der Waals surface area contributed by atoms with Gasteiger partial charge in [-0.2, -0.15) is 5.26 Å². The van der Waals surface area contributed by atoms with E-state index in [1.54, 1.807) is 0 Å². The predicted molar refractivity (Wildman–Crippen MR) is 57.0 cm³/mol. The molecule has 0 rings (SSSR count). The van der Waals surface area contributed by atoms with Crippen LogP contribution in [-0.4, -0.2) is 11.5 Å². The SMILES string of the molecule is CC(C)C(C#N)(COP(N)O)C(C)C. The van der Waals surface area contributed by atoms with E-state index in [0.29, 0.717) is 0 Å². The lowest BCUT2D eigenvalue weighted by Crippen LogP contribution is -2.36. The van der Waals surface area contributed by atoms with Crippen LogP contribution in [-0.2, 0) is 4.52 Å². The zero-order chi connectivity index (χ0) is 11.4. The first-order valence-electron chi connectivity index (χ1n) is 4.64. The van der Waals surface area contributed by atoms with Gasteiger partial charge in [-0.3, -0.25) is 5.50 Å². The van der Waals surface area contributed by atoms with Crippen molar-refractivity contribution >= 4 is 8.53 Å². The molecule has 1 unspecified atom stereocenters. The van der Waals surface area contributed by atoms with Crippen LogP contribution in [0.4, 0.5) is 0 Å². The van der Waals surface area contributed by atoms with Gasteiger partial charge in [-0.25, -0.2) is 0 Å². The van der Waals surface area contributed by atoms with Crippen molar-refractivity contribution in [3.05, 3.63) is 0 Å². The van der Waals surface area contributed by atoms with Crippen molar-refractivity contribution in [2.24, 2.45) is 22.8 Å². The summed E-state index contributed by atoms with van der Waals surface area (Å²) >= 11 is 0. The van der Waals surface area contributed by atoms with Crippen molar-refractivity contribution in [1.82, 2.24) is 0 Å². The first-order valence-corrected chi connectivity index (χ1v) is 5.92. The fraction of sp³-hybridized carbons (Fsp3) is 0.889. The Morgan fingerprint density at radius 2 is 1.86 bits per heavy atom. The molecule has 0 fully saturated rings. The van der Waals surface area contributed by atoms with Crippen molar-refractivity contribution in [2.45, 2.75) is 27.7 Å². The lowest BCUT2D eigenvalue weighted by molar-refractivity contribution is 0.100. The average molecular weight is 218 g/mol. The number of nitrogens with zero attached hydrogens (tertiary/aromatic N) is 1. The number of nitriles is 1. The molecule has 0 aliphatic rings. The van der Waals surface area contributed by atoms with Gasteiger partial charge in [0.25, 0.3) is 0 Å². The highest BCUT2D eigenvalue weighted by molar-refractivity contribution is 7.43. The van der Waals surface area contributed by atoms with Crippen molar-refractivity contribution in [2.75, 3.05) is 6.61 Å². The fourth-order valence-electron chi connectivity index (χ4n) is 1.46. The fourth-order valence-corrected chi connectivity index (χ4v) is 1.81. The smallest absolute Gasteiger partial charge is 0.250 e. The molecule has 0 amide bonds. The third-order valence-corrected chi connectivity index (χ3v) is 3.10. The molecule has 0 aliphatic carbocycles. The second-order valence-corrected chi connectivity index (χ2v) is 4.90.